The third kappa shape index (κ3) is 9.32. The van der Waals surface area contributed by atoms with Crippen LogP contribution in [0.2, 0.25) is 6.32 Å². The monoisotopic (exact) mass is 169 g/mol. The summed E-state index contributed by atoms with van der Waals surface area (Å²) < 4.78 is 34.5. The van der Waals surface area contributed by atoms with Crippen LogP contribution in [0.25, 0.3) is 0 Å². The zero-order valence-electron chi connectivity index (χ0n) is 5.90. The predicted octanol–water partition coefficient (Wildman–Crippen LogP) is 2.09. The van der Waals surface area contributed by atoms with E-state index in [0.29, 0.717) is 0 Å². The lowest BCUT2D eigenvalue weighted by Crippen LogP contribution is -2.13. The molecule has 0 aromatic heterocycles. The molecule has 0 radical (unpaired) electrons. The molecule has 0 aromatic rings. The fourth-order valence-electron chi connectivity index (χ4n) is 0.652. The summed E-state index contributed by atoms with van der Waals surface area (Å²) in [6.45, 7) is -4.72. The lowest BCUT2D eigenvalue weighted by Gasteiger charge is -2.11. The lowest BCUT2D eigenvalue weighted by atomic mass is 9.83. The summed E-state index contributed by atoms with van der Waals surface area (Å²) in [5.74, 6) is -1.04. The second-order valence-corrected chi connectivity index (χ2v) is 2.35. The maximum atomic E-state index is 11.5. The van der Waals surface area contributed by atoms with Gasteiger partial charge in [0.05, 0.1) is 0 Å². The van der Waals surface area contributed by atoms with Gasteiger partial charge in [0.1, 0.15) is 0 Å². The van der Waals surface area contributed by atoms with E-state index >= 15 is 0 Å². The van der Waals surface area contributed by atoms with Gasteiger partial charge in [0.25, 0.3) is 0 Å². The van der Waals surface area contributed by atoms with Crippen molar-refractivity contribution in [2.45, 2.75) is 25.6 Å². The van der Waals surface area contributed by atoms with Crippen molar-refractivity contribution in [3.05, 3.63) is 0 Å². The van der Waals surface area contributed by atoms with Crippen molar-refractivity contribution in [2.24, 2.45) is 0 Å². The SMILES string of the molecule is O=C(O)CCCC[B-](F)(F)F. The molecule has 1 N–H and O–H groups in total. The quantitative estimate of drug-likeness (QED) is 0.505. The smallest absolute Gasteiger partial charge is 0.478 e. The molecule has 6 heteroatoms. The van der Waals surface area contributed by atoms with Gasteiger partial charge in [0.15, 0.2) is 0 Å². The van der Waals surface area contributed by atoms with Crippen molar-refractivity contribution in [2.75, 3.05) is 0 Å². The number of aliphatic carboxylic acids is 1. The number of hydrogen-bond donors (Lipinski definition) is 1. The first-order valence-electron chi connectivity index (χ1n) is 3.34. The number of carbonyl (C=O) groups is 1. The molecule has 0 saturated heterocycles. The Morgan fingerprint density at radius 2 is 1.82 bits per heavy atom. The van der Waals surface area contributed by atoms with Crippen molar-refractivity contribution in [1.29, 1.82) is 0 Å². The minimum atomic E-state index is -4.72. The van der Waals surface area contributed by atoms with Gasteiger partial charge in [-0.2, -0.15) is 0 Å². The Morgan fingerprint density at radius 1 is 1.27 bits per heavy atom. The van der Waals surface area contributed by atoms with Crippen LogP contribution in [0.1, 0.15) is 19.3 Å². The van der Waals surface area contributed by atoms with Crippen LogP contribution >= 0.6 is 0 Å². The topological polar surface area (TPSA) is 37.3 Å². The van der Waals surface area contributed by atoms with Gasteiger partial charge in [-0.05, 0) is 6.42 Å². The number of carboxylic acids is 1. The van der Waals surface area contributed by atoms with E-state index in [1.54, 1.807) is 0 Å². The van der Waals surface area contributed by atoms with E-state index in [0.717, 1.165) is 0 Å². The van der Waals surface area contributed by atoms with Crippen LogP contribution in [0.5, 0.6) is 0 Å². The van der Waals surface area contributed by atoms with E-state index in [9.17, 15) is 17.7 Å². The van der Waals surface area contributed by atoms with Crippen LogP contribution in [0.3, 0.4) is 0 Å². The van der Waals surface area contributed by atoms with E-state index < -0.39 is 19.3 Å². The van der Waals surface area contributed by atoms with Crippen LogP contribution in [-0.2, 0) is 4.79 Å². The fourth-order valence-corrected chi connectivity index (χ4v) is 0.652. The second kappa shape index (κ2) is 4.25. The molecular weight excluding hydrogens is 160 g/mol. The Balaban J connectivity index is 3.22. The normalized spacial score (nSPS) is 11.5. The van der Waals surface area contributed by atoms with Crippen molar-refractivity contribution >= 4 is 12.9 Å². The second-order valence-electron chi connectivity index (χ2n) is 2.35. The summed E-state index contributed by atoms with van der Waals surface area (Å²) in [7, 11) is 0. The van der Waals surface area contributed by atoms with Crippen LogP contribution in [0, 0.1) is 0 Å². The zero-order valence-corrected chi connectivity index (χ0v) is 5.90. The van der Waals surface area contributed by atoms with Gasteiger partial charge in [0.2, 0.25) is 0 Å². The number of hydrogen-bond acceptors (Lipinski definition) is 1. The number of halogens is 3. The molecule has 66 valence electrons. The summed E-state index contributed by atoms with van der Waals surface area (Å²) in [6.07, 6.45) is -0.966. The van der Waals surface area contributed by atoms with E-state index in [1.807, 2.05) is 0 Å². The molecule has 0 saturated carbocycles. The molecule has 2 nitrogen and oxygen atoms in total. The largest absolute Gasteiger partial charge is 0.481 e. The number of rotatable bonds is 5. The van der Waals surface area contributed by atoms with Crippen LogP contribution in [-0.4, -0.2) is 18.1 Å². The summed E-state index contributed by atoms with van der Waals surface area (Å²) in [6, 6.07) is 0. The maximum Gasteiger partial charge on any atom is 0.478 e. The highest BCUT2D eigenvalue weighted by molar-refractivity contribution is 6.58. The van der Waals surface area contributed by atoms with E-state index in [2.05, 4.69) is 0 Å². The molecular formula is C5H9BF3O2-. The molecule has 0 aliphatic heterocycles. The third-order valence-electron chi connectivity index (χ3n) is 1.17. The molecule has 0 spiro atoms. The Morgan fingerprint density at radius 3 is 2.18 bits per heavy atom. The third-order valence-corrected chi connectivity index (χ3v) is 1.17. The average Bonchev–Trinajstić information content (AvgIpc) is 1.78. The van der Waals surface area contributed by atoms with Gasteiger partial charge < -0.3 is 18.1 Å². The molecule has 0 fully saturated rings. The van der Waals surface area contributed by atoms with Crippen molar-refractivity contribution < 1.29 is 22.8 Å². The number of carboxylic acid groups (broad SMARTS) is 1. The molecule has 0 heterocycles. The van der Waals surface area contributed by atoms with Gasteiger partial charge in [-0.15, -0.1) is 0 Å². The molecule has 0 aromatic carbocycles. The van der Waals surface area contributed by atoms with Crippen molar-refractivity contribution in [1.82, 2.24) is 0 Å². The van der Waals surface area contributed by atoms with Crippen LogP contribution in [0.15, 0.2) is 0 Å². The molecule has 0 rings (SSSR count). The predicted molar refractivity (Wildman–Crippen MR) is 35.4 cm³/mol. The van der Waals surface area contributed by atoms with Gasteiger partial charge in [-0.25, -0.2) is 0 Å². The zero-order chi connectivity index (χ0) is 8.91. The Labute approximate surface area is 62.5 Å². The summed E-state index contributed by atoms with van der Waals surface area (Å²) in [5.41, 5.74) is 0. The van der Waals surface area contributed by atoms with Crippen LogP contribution < -0.4 is 0 Å². The van der Waals surface area contributed by atoms with Crippen LogP contribution in [0.4, 0.5) is 12.9 Å². The molecule has 0 amide bonds. The van der Waals surface area contributed by atoms with Gasteiger partial charge in [-0.3, -0.25) is 4.79 Å². The first-order chi connectivity index (χ1) is 4.92. The van der Waals surface area contributed by atoms with Gasteiger partial charge in [-0.1, -0.05) is 12.7 Å². The highest BCUT2D eigenvalue weighted by Gasteiger charge is 2.21. The summed E-state index contributed by atoms with van der Waals surface area (Å²) >= 11 is 0. The molecule has 0 aliphatic carbocycles. The lowest BCUT2D eigenvalue weighted by molar-refractivity contribution is -0.137. The van der Waals surface area contributed by atoms with Crippen molar-refractivity contribution in [3.8, 4) is 0 Å². The molecule has 0 bridgehead atoms. The molecule has 11 heavy (non-hydrogen) atoms. The minimum Gasteiger partial charge on any atom is -0.481 e. The molecule has 0 unspecified atom stereocenters. The summed E-state index contributed by atoms with van der Waals surface area (Å²) in [5, 5.41) is 8.07. The highest BCUT2D eigenvalue weighted by atomic mass is 19.4. The van der Waals surface area contributed by atoms with E-state index in [1.165, 1.54) is 0 Å². The fraction of sp³-hybridized carbons (Fsp3) is 0.800. The minimum absolute atomic E-state index is 0.0736. The maximum absolute atomic E-state index is 11.5. The average molecular weight is 169 g/mol. The molecule has 0 aliphatic rings. The Hall–Kier alpha value is -0.675. The van der Waals surface area contributed by atoms with E-state index in [4.69, 9.17) is 5.11 Å². The standard InChI is InChI=1S/C5H9BF3O2/c7-6(8,9)4-2-1-3-5(10)11/h1-4H2,(H,10,11)/q-1. The van der Waals surface area contributed by atoms with E-state index in [-0.39, 0.29) is 19.3 Å². The van der Waals surface area contributed by atoms with Gasteiger partial charge in [0, 0.05) is 6.42 Å². The number of unbranched alkanes of at least 4 members (excludes halogenated alkanes) is 1. The molecule has 0 atom stereocenters. The highest BCUT2D eigenvalue weighted by Crippen LogP contribution is 2.18. The Kier molecular flexibility index (Phi) is 3.99. The first kappa shape index (κ1) is 10.3. The first-order valence-corrected chi connectivity index (χ1v) is 3.34. The van der Waals surface area contributed by atoms with Gasteiger partial charge >= 0.3 is 12.9 Å². The summed E-state index contributed by atoms with van der Waals surface area (Å²) in [4.78, 5) is 9.85. The van der Waals surface area contributed by atoms with Crippen molar-refractivity contribution in [3.63, 3.8) is 0 Å². The Bertz CT molecular complexity index is 134.